The summed E-state index contributed by atoms with van der Waals surface area (Å²) in [6.45, 7) is 8.76. The Morgan fingerprint density at radius 2 is 2.14 bits per heavy atom. The number of hydrogen-bond donors (Lipinski definition) is 1. The Bertz CT molecular complexity index is 251. The third-order valence-corrected chi connectivity index (χ3v) is 4.37. The van der Waals surface area contributed by atoms with E-state index in [0.717, 1.165) is 19.5 Å². The predicted octanol–water partition coefficient (Wildman–Crippen LogP) is 1.85. The number of nitrogens with one attached hydrogen (secondary N) is 1. The van der Waals surface area contributed by atoms with Gasteiger partial charge in [-0.3, -0.25) is 4.79 Å². The molecule has 1 heterocycles. The molecule has 2 aliphatic rings. The molecule has 4 atom stereocenters. The maximum Gasteiger partial charge on any atom is 0.138 e. The number of rotatable bonds is 0. The first-order chi connectivity index (χ1) is 6.54. The summed E-state index contributed by atoms with van der Waals surface area (Å²) in [6.07, 6.45) is 2.25. The summed E-state index contributed by atoms with van der Waals surface area (Å²) in [5.41, 5.74) is 0.366. The fourth-order valence-corrected chi connectivity index (χ4v) is 3.64. The quantitative estimate of drug-likeness (QED) is 0.639. The van der Waals surface area contributed by atoms with Gasteiger partial charge in [-0.15, -0.1) is 0 Å². The van der Waals surface area contributed by atoms with Crippen LogP contribution in [-0.4, -0.2) is 18.9 Å². The zero-order valence-electron chi connectivity index (χ0n) is 9.47. The van der Waals surface area contributed by atoms with Crippen molar-refractivity contribution < 1.29 is 4.79 Å². The molecule has 0 aromatic rings. The summed E-state index contributed by atoms with van der Waals surface area (Å²) in [4.78, 5) is 11.9. The van der Waals surface area contributed by atoms with E-state index in [0.29, 0.717) is 17.1 Å². The molecule has 2 nitrogen and oxygen atoms in total. The van der Waals surface area contributed by atoms with Crippen LogP contribution >= 0.6 is 0 Å². The second-order valence-electron chi connectivity index (χ2n) is 5.52. The van der Waals surface area contributed by atoms with Crippen LogP contribution < -0.4 is 5.32 Å². The topological polar surface area (TPSA) is 29.1 Å². The van der Waals surface area contributed by atoms with Crippen LogP contribution in [0.15, 0.2) is 0 Å². The molecule has 14 heavy (non-hydrogen) atoms. The molecular weight excluding hydrogens is 174 g/mol. The maximum absolute atomic E-state index is 11.9. The summed E-state index contributed by atoms with van der Waals surface area (Å²) in [5, 5.41) is 3.47. The van der Waals surface area contributed by atoms with Gasteiger partial charge in [0.25, 0.3) is 0 Å². The SMILES string of the molecule is CC1CC2(C)CNCCC2C(C)C1=O. The van der Waals surface area contributed by atoms with E-state index in [-0.39, 0.29) is 11.8 Å². The maximum atomic E-state index is 11.9. The van der Waals surface area contributed by atoms with Crippen LogP contribution in [0.3, 0.4) is 0 Å². The molecule has 0 aromatic heterocycles. The van der Waals surface area contributed by atoms with Gasteiger partial charge in [-0.2, -0.15) is 0 Å². The largest absolute Gasteiger partial charge is 0.316 e. The highest BCUT2D eigenvalue weighted by atomic mass is 16.1. The van der Waals surface area contributed by atoms with Crippen molar-refractivity contribution in [3.63, 3.8) is 0 Å². The normalized spacial score (nSPS) is 48.8. The van der Waals surface area contributed by atoms with Gasteiger partial charge in [-0.05, 0) is 30.7 Å². The minimum atomic E-state index is 0.270. The molecule has 1 saturated heterocycles. The third kappa shape index (κ3) is 1.40. The number of ketones is 1. The Morgan fingerprint density at radius 3 is 2.86 bits per heavy atom. The molecule has 0 aromatic carbocycles. The molecular formula is C12H21NO. The van der Waals surface area contributed by atoms with Gasteiger partial charge in [-0.1, -0.05) is 20.8 Å². The number of piperidine rings is 1. The van der Waals surface area contributed by atoms with E-state index in [9.17, 15) is 4.79 Å². The van der Waals surface area contributed by atoms with Crippen LogP contribution in [0, 0.1) is 23.2 Å². The zero-order chi connectivity index (χ0) is 10.3. The standard InChI is InChI=1S/C12H21NO/c1-8-6-12(3)7-13-5-4-10(12)9(2)11(8)14/h8-10,13H,4-7H2,1-3H3. The predicted molar refractivity (Wildman–Crippen MR) is 57.0 cm³/mol. The second-order valence-corrected chi connectivity index (χ2v) is 5.52. The monoisotopic (exact) mass is 195 g/mol. The van der Waals surface area contributed by atoms with E-state index in [1.54, 1.807) is 0 Å². The van der Waals surface area contributed by atoms with Crippen LogP contribution in [0.5, 0.6) is 0 Å². The van der Waals surface area contributed by atoms with Crippen LogP contribution in [0.25, 0.3) is 0 Å². The van der Waals surface area contributed by atoms with Gasteiger partial charge >= 0.3 is 0 Å². The lowest BCUT2D eigenvalue weighted by Crippen LogP contribution is -2.53. The molecule has 80 valence electrons. The Balaban J connectivity index is 2.24. The fraction of sp³-hybridized carbons (Fsp3) is 0.917. The van der Waals surface area contributed by atoms with Crippen molar-refractivity contribution in [2.45, 2.75) is 33.6 Å². The first-order valence-corrected chi connectivity index (χ1v) is 5.79. The summed E-state index contributed by atoms with van der Waals surface area (Å²) in [6, 6.07) is 0. The highest BCUT2D eigenvalue weighted by Crippen LogP contribution is 2.47. The van der Waals surface area contributed by atoms with Crippen LogP contribution in [0.4, 0.5) is 0 Å². The molecule has 1 aliphatic carbocycles. The molecule has 0 bridgehead atoms. The summed E-state index contributed by atoms with van der Waals surface area (Å²) >= 11 is 0. The molecule has 1 N–H and O–H groups in total. The number of fused-ring (bicyclic) bond motifs is 1. The Labute approximate surface area is 86.5 Å². The highest BCUT2D eigenvalue weighted by Gasteiger charge is 2.47. The van der Waals surface area contributed by atoms with Gasteiger partial charge in [0.2, 0.25) is 0 Å². The van der Waals surface area contributed by atoms with E-state index >= 15 is 0 Å². The second kappa shape index (κ2) is 3.34. The minimum Gasteiger partial charge on any atom is -0.316 e. The lowest BCUT2D eigenvalue weighted by Gasteiger charge is -2.49. The molecule has 0 amide bonds. The van der Waals surface area contributed by atoms with Gasteiger partial charge in [0, 0.05) is 18.4 Å². The molecule has 1 saturated carbocycles. The van der Waals surface area contributed by atoms with E-state index in [1.807, 2.05) is 0 Å². The van der Waals surface area contributed by atoms with Crippen LogP contribution in [-0.2, 0) is 4.79 Å². The summed E-state index contributed by atoms with van der Waals surface area (Å²) < 4.78 is 0. The van der Waals surface area contributed by atoms with Crippen molar-refractivity contribution in [1.29, 1.82) is 0 Å². The van der Waals surface area contributed by atoms with Crippen molar-refractivity contribution in [1.82, 2.24) is 5.32 Å². The lowest BCUT2D eigenvalue weighted by molar-refractivity contribution is -0.137. The number of Topliss-reactive ketones (excluding diaryl/α,β-unsaturated/α-hetero) is 1. The first-order valence-electron chi connectivity index (χ1n) is 5.79. The number of carbonyl (C=O) groups is 1. The fourth-order valence-electron chi connectivity index (χ4n) is 3.64. The lowest BCUT2D eigenvalue weighted by atomic mass is 9.57. The smallest absolute Gasteiger partial charge is 0.138 e. The average molecular weight is 195 g/mol. The van der Waals surface area contributed by atoms with Gasteiger partial charge in [0.05, 0.1) is 0 Å². The molecule has 2 rings (SSSR count). The molecule has 2 fully saturated rings. The first kappa shape index (κ1) is 10.2. The third-order valence-electron chi connectivity index (χ3n) is 4.37. The van der Waals surface area contributed by atoms with Crippen molar-refractivity contribution in [3.05, 3.63) is 0 Å². The van der Waals surface area contributed by atoms with Gasteiger partial charge in [-0.25, -0.2) is 0 Å². The van der Waals surface area contributed by atoms with E-state index in [2.05, 4.69) is 26.1 Å². The van der Waals surface area contributed by atoms with Crippen molar-refractivity contribution in [3.8, 4) is 0 Å². The molecule has 0 radical (unpaired) electrons. The van der Waals surface area contributed by atoms with Crippen LogP contribution in [0.2, 0.25) is 0 Å². The van der Waals surface area contributed by atoms with E-state index in [1.165, 1.54) is 6.42 Å². The van der Waals surface area contributed by atoms with Gasteiger partial charge < -0.3 is 5.32 Å². The summed E-state index contributed by atoms with van der Waals surface area (Å²) in [7, 11) is 0. The van der Waals surface area contributed by atoms with Crippen molar-refractivity contribution in [2.75, 3.05) is 13.1 Å². The zero-order valence-corrected chi connectivity index (χ0v) is 9.47. The van der Waals surface area contributed by atoms with E-state index in [4.69, 9.17) is 0 Å². The average Bonchev–Trinajstić information content (AvgIpc) is 2.14. The molecule has 2 heteroatoms. The Morgan fingerprint density at radius 1 is 1.43 bits per heavy atom. The Hall–Kier alpha value is -0.370. The number of carbonyl (C=O) groups excluding carboxylic acids is 1. The summed E-state index contributed by atoms with van der Waals surface area (Å²) in [5.74, 6) is 1.67. The highest BCUT2D eigenvalue weighted by molar-refractivity contribution is 5.84. The molecule has 1 aliphatic heterocycles. The molecule has 0 spiro atoms. The van der Waals surface area contributed by atoms with Crippen molar-refractivity contribution >= 4 is 5.78 Å². The van der Waals surface area contributed by atoms with Gasteiger partial charge in [0.1, 0.15) is 5.78 Å². The van der Waals surface area contributed by atoms with Crippen molar-refractivity contribution in [2.24, 2.45) is 23.2 Å². The molecule has 4 unspecified atom stereocenters. The van der Waals surface area contributed by atoms with Crippen LogP contribution in [0.1, 0.15) is 33.6 Å². The minimum absolute atomic E-state index is 0.270. The number of hydrogen-bond acceptors (Lipinski definition) is 2. The van der Waals surface area contributed by atoms with E-state index < -0.39 is 0 Å². The van der Waals surface area contributed by atoms with Gasteiger partial charge in [0.15, 0.2) is 0 Å². The Kier molecular flexibility index (Phi) is 2.42.